The van der Waals surface area contributed by atoms with Crippen molar-refractivity contribution < 1.29 is 19.4 Å². The van der Waals surface area contributed by atoms with E-state index in [-0.39, 0.29) is 6.03 Å². The predicted molar refractivity (Wildman–Crippen MR) is 130 cm³/mol. The topological polar surface area (TPSA) is 96.1 Å². The van der Waals surface area contributed by atoms with Gasteiger partial charge in [-0.2, -0.15) is 0 Å². The molecule has 0 aromatic heterocycles. The first-order valence-corrected chi connectivity index (χ1v) is 11.2. The first-order valence-electron chi connectivity index (χ1n) is 11.2. The summed E-state index contributed by atoms with van der Waals surface area (Å²) in [5.41, 5.74) is 1.57. The number of carboxylic acids is 1. The summed E-state index contributed by atoms with van der Waals surface area (Å²) in [6, 6.07) is 17.0. The first-order chi connectivity index (χ1) is 15.6. The van der Waals surface area contributed by atoms with Crippen LogP contribution in [0.15, 0.2) is 66.9 Å². The molecule has 0 bridgehead atoms. The van der Waals surface area contributed by atoms with E-state index >= 15 is 0 Å². The van der Waals surface area contributed by atoms with Crippen LogP contribution >= 0.6 is 0 Å². The standard InChI is InChI=1S/C26H35N3O4/c1-5-18-28(25(32)29(27)19-17-21-9-7-6-8-10-21)20(2)11-12-22-13-15-23(16-14-22)33-26(3,4)24(30)31/h6-10,13-16H,2,5,11-12,17-19,27H2,1,3-4H3,(H,30,31). The third-order valence-corrected chi connectivity index (χ3v) is 5.30. The van der Waals surface area contributed by atoms with Crippen LogP contribution in [-0.4, -0.2) is 45.7 Å². The Hall–Kier alpha value is -3.32. The number of hydrogen-bond acceptors (Lipinski definition) is 4. The summed E-state index contributed by atoms with van der Waals surface area (Å²) in [4.78, 5) is 25.8. The Morgan fingerprint density at radius 2 is 1.61 bits per heavy atom. The number of allylic oxidation sites excluding steroid dienone is 1. The highest BCUT2D eigenvalue weighted by Crippen LogP contribution is 2.21. The van der Waals surface area contributed by atoms with Crippen LogP contribution in [0, 0.1) is 0 Å². The minimum absolute atomic E-state index is 0.252. The number of aliphatic carboxylic acids is 1. The van der Waals surface area contributed by atoms with Crippen molar-refractivity contribution in [3.8, 4) is 5.75 Å². The molecule has 2 rings (SSSR count). The molecular formula is C26H35N3O4. The molecule has 33 heavy (non-hydrogen) atoms. The fourth-order valence-corrected chi connectivity index (χ4v) is 3.24. The van der Waals surface area contributed by atoms with Crippen LogP contribution < -0.4 is 10.6 Å². The molecule has 0 spiro atoms. The van der Waals surface area contributed by atoms with Crippen molar-refractivity contribution in [3.63, 3.8) is 0 Å². The van der Waals surface area contributed by atoms with Crippen molar-refractivity contribution in [1.29, 1.82) is 0 Å². The van der Waals surface area contributed by atoms with Gasteiger partial charge in [-0.25, -0.2) is 15.4 Å². The number of carboxylic acid groups (broad SMARTS) is 1. The third-order valence-electron chi connectivity index (χ3n) is 5.30. The Kier molecular flexibility index (Phi) is 9.48. The van der Waals surface area contributed by atoms with Gasteiger partial charge in [0.15, 0.2) is 5.60 Å². The van der Waals surface area contributed by atoms with Crippen LogP contribution in [0.3, 0.4) is 0 Å². The van der Waals surface area contributed by atoms with Crippen LogP contribution in [0.5, 0.6) is 5.75 Å². The third kappa shape index (κ3) is 7.95. The van der Waals surface area contributed by atoms with E-state index in [0.717, 1.165) is 17.5 Å². The lowest BCUT2D eigenvalue weighted by atomic mass is 10.1. The number of hydrogen-bond donors (Lipinski definition) is 2. The zero-order valence-electron chi connectivity index (χ0n) is 19.8. The lowest BCUT2D eigenvalue weighted by Crippen LogP contribution is -2.47. The van der Waals surface area contributed by atoms with Gasteiger partial charge in [0.25, 0.3) is 0 Å². The van der Waals surface area contributed by atoms with Crippen molar-refractivity contribution in [2.24, 2.45) is 5.84 Å². The molecule has 7 nitrogen and oxygen atoms in total. The number of ether oxygens (including phenoxy) is 1. The molecule has 2 aromatic rings. The summed E-state index contributed by atoms with van der Waals surface area (Å²) >= 11 is 0. The quantitative estimate of drug-likeness (QED) is 0.278. The molecule has 7 heteroatoms. The van der Waals surface area contributed by atoms with Crippen LogP contribution in [0.2, 0.25) is 0 Å². The van der Waals surface area contributed by atoms with Crippen LogP contribution in [0.4, 0.5) is 4.79 Å². The lowest BCUT2D eigenvalue weighted by Gasteiger charge is -2.29. The highest BCUT2D eigenvalue weighted by atomic mass is 16.5. The molecule has 0 saturated carbocycles. The Balaban J connectivity index is 1.92. The molecular weight excluding hydrogens is 418 g/mol. The second-order valence-electron chi connectivity index (χ2n) is 8.49. The van der Waals surface area contributed by atoms with Gasteiger partial charge in [0.2, 0.25) is 0 Å². The summed E-state index contributed by atoms with van der Waals surface area (Å²) in [5.74, 6) is 5.54. The highest BCUT2D eigenvalue weighted by molar-refractivity contribution is 5.77. The summed E-state index contributed by atoms with van der Waals surface area (Å²) in [6.45, 7) is 10.1. The highest BCUT2D eigenvalue weighted by Gasteiger charge is 2.29. The fraction of sp³-hybridized carbons (Fsp3) is 0.385. The average Bonchev–Trinajstić information content (AvgIpc) is 2.80. The van der Waals surface area contributed by atoms with Crippen molar-refractivity contribution in [3.05, 3.63) is 78.0 Å². The van der Waals surface area contributed by atoms with Gasteiger partial charge in [-0.1, -0.05) is 56.0 Å². The minimum atomic E-state index is -1.30. The molecule has 3 N–H and O–H groups in total. The van der Waals surface area contributed by atoms with E-state index in [1.54, 1.807) is 17.0 Å². The summed E-state index contributed by atoms with van der Waals surface area (Å²) < 4.78 is 5.54. The summed E-state index contributed by atoms with van der Waals surface area (Å²) in [7, 11) is 0. The number of rotatable bonds is 12. The Morgan fingerprint density at radius 1 is 1.00 bits per heavy atom. The van der Waals surface area contributed by atoms with E-state index < -0.39 is 11.6 Å². The average molecular weight is 454 g/mol. The number of nitrogens with zero attached hydrogens (tertiary/aromatic N) is 2. The van der Waals surface area contributed by atoms with Crippen molar-refractivity contribution in [2.45, 2.75) is 52.1 Å². The molecule has 0 unspecified atom stereocenters. The maximum atomic E-state index is 12.9. The number of amides is 2. The monoisotopic (exact) mass is 453 g/mol. The first kappa shape index (κ1) is 25.9. The number of carbonyl (C=O) groups is 2. The van der Waals surface area contributed by atoms with Crippen molar-refractivity contribution >= 4 is 12.0 Å². The van der Waals surface area contributed by atoms with Crippen LogP contribution in [-0.2, 0) is 17.6 Å². The number of urea groups is 1. The van der Waals surface area contributed by atoms with Gasteiger partial charge >= 0.3 is 12.0 Å². The molecule has 2 amide bonds. The zero-order chi connectivity index (χ0) is 24.4. The van der Waals surface area contributed by atoms with Gasteiger partial charge in [0, 0.05) is 18.8 Å². The smallest absolute Gasteiger partial charge is 0.347 e. The molecule has 178 valence electrons. The molecule has 0 fully saturated rings. The molecule has 0 aliphatic carbocycles. The summed E-state index contributed by atoms with van der Waals surface area (Å²) in [6.07, 6.45) is 2.76. The predicted octanol–water partition coefficient (Wildman–Crippen LogP) is 4.63. The van der Waals surface area contributed by atoms with Gasteiger partial charge < -0.3 is 9.84 Å². The van der Waals surface area contributed by atoms with Crippen molar-refractivity contribution in [2.75, 3.05) is 13.1 Å². The van der Waals surface area contributed by atoms with E-state index in [1.807, 2.05) is 49.4 Å². The Labute approximate surface area is 196 Å². The number of hydrazine groups is 1. The molecule has 0 heterocycles. The molecule has 0 saturated heterocycles. The summed E-state index contributed by atoms with van der Waals surface area (Å²) in [5, 5.41) is 10.4. The largest absolute Gasteiger partial charge is 0.478 e. The molecule has 2 aromatic carbocycles. The van der Waals surface area contributed by atoms with Gasteiger partial charge in [0.05, 0.1) is 0 Å². The van der Waals surface area contributed by atoms with Crippen LogP contribution in [0.1, 0.15) is 44.7 Å². The van der Waals surface area contributed by atoms with Gasteiger partial charge in [0.1, 0.15) is 5.75 Å². The van der Waals surface area contributed by atoms with Gasteiger partial charge in [-0.15, -0.1) is 0 Å². The number of aryl methyl sites for hydroxylation is 1. The van der Waals surface area contributed by atoms with Crippen LogP contribution in [0.25, 0.3) is 0 Å². The SMILES string of the molecule is C=C(CCc1ccc(OC(C)(C)C(=O)O)cc1)N(CCC)C(=O)N(N)CCc1ccccc1. The normalized spacial score (nSPS) is 11.0. The maximum Gasteiger partial charge on any atom is 0.347 e. The number of benzene rings is 2. The minimum Gasteiger partial charge on any atom is -0.478 e. The lowest BCUT2D eigenvalue weighted by molar-refractivity contribution is -0.152. The van der Waals surface area contributed by atoms with Crippen molar-refractivity contribution in [1.82, 2.24) is 9.91 Å². The van der Waals surface area contributed by atoms with E-state index in [0.29, 0.717) is 43.8 Å². The molecule has 0 aliphatic rings. The van der Waals surface area contributed by atoms with E-state index in [9.17, 15) is 14.7 Å². The number of carbonyl (C=O) groups excluding carboxylic acids is 1. The van der Waals surface area contributed by atoms with E-state index in [4.69, 9.17) is 10.6 Å². The number of nitrogens with two attached hydrogens (primary N) is 1. The Bertz CT molecular complexity index is 926. The maximum absolute atomic E-state index is 12.9. The van der Waals surface area contributed by atoms with E-state index in [1.165, 1.54) is 18.9 Å². The van der Waals surface area contributed by atoms with Gasteiger partial charge in [-0.05, 0) is 62.8 Å². The molecule has 0 radical (unpaired) electrons. The molecule has 0 aliphatic heterocycles. The van der Waals surface area contributed by atoms with E-state index in [2.05, 4.69) is 6.58 Å². The second kappa shape index (κ2) is 12.1. The van der Waals surface area contributed by atoms with Gasteiger partial charge in [-0.3, -0.25) is 9.91 Å². The second-order valence-corrected chi connectivity index (χ2v) is 8.49. The molecule has 0 atom stereocenters. The Morgan fingerprint density at radius 3 is 2.18 bits per heavy atom. The zero-order valence-corrected chi connectivity index (χ0v) is 19.8. The fourth-order valence-electron chi connectivity index (χ4n) is 3.24.